The summed E-state index contributed by atoms with van der Waals surface area (Å²) in [6, 6.07) is 4.30. The molecule has 0 aromatic carbocycles. The fourth-order valence-corrected chi connectivity index (χ4v) is 1.97. The Balaban J connectivity index is 2.29. The van der Waals surface area contributed by atoms with Crippen LogP contribution >= 0.6 is 0 Å². The van der Waals surface area contributed by atoms with Gasteiger partial charge in [-0.1, -0.05) is 0 Å². The Morgan fingerprint density at radius 2 is 1.85 bits per heavy atom. The molecule has 1 saturated heterocycles. The Kier molecular flexibility index (Phi) is 2.21. The van der Waals surface area contributed by atoms with Crippen molar-refractivity contribution in [3.63, 3.8) is 0 Å². The van der Waals surface area contributed by atoms with E-state index in [0.717, 1.165) is 5.69 Å². The van der Waals surface area contributed by atoms with Gasteiger partial charge in [-0.2, -0.15) is 0 Å². The van der Waals surface area contributed by atoms with Gasteiger partial charge in [0, 0.05) is 18.8 Å². The van der Waals surface area contributed by atoms with E-state index < -0.39 is 0 Å². The van der Waals surface area contributed by atoms with Gasteiger partial charge in [-0.15, -0.1) is 0 Å². The Labute approximate surface area is 79.6 Å². The summed E-state index contributed by atoms with van der Waals surface area (Å²) in [4.78, 5) is 6.91. The molecule has 2 heteroatoms. The maximum atomic E-state index is 4.48. The first-order chi connectivity index (χ1) is 6.27. The number of aryl methyl sites for hydroxylation is 2. The predicted octanol–water partition coefficient (Wildman–Crippen LogP) is 2.30. The summed E-state index contributed by atoms with van der Waals surface area (Å²) >= 11 is 0. The van der Waals surface area contributed by atoms with Crippen LogP contribution in [0.5, 0.6) is 0 Å². The van der Waals surface area contributed by atoms with E-state index in [1.807, 2.05) is 6.92 Å². The highest BCUT2D eigenvalue weighted by Gasteiger charge is 2.14. The van der Waals surface area contributed by atoms with Crippen LogP contribution < -0.4 is 4.90 Å². The highest BCUT2D eigenvalue weighted by Crippen LogP contribution is 2.22. The van der Waals surface area contributed by atoms with E-state index in [-0.39, 0.29) is 0 Å². The normalized spacial score (nSPS) is 16.6. The maximum Gasteiger partial charge on any atom is 0.0608 e. The van der Waals surface area contributed by atoms with E-state index in [1.54, 1.807) is 0 Å². The second kappa shape index (κ2) is 3.36. The zero-order valence-electron chi connectivity index (χ0n) is 8.38. The number of nitrogens with zero attached hydrogens (tertiary/aromatic N) is 2. The lowest BCUT2D eigenvalue weighted by Gasteiger charge is -2.19. The predicted molar refractivity (Wildman–Crippen MR) is 55.2 cm³/mol. The summed E-state index contributed by atoms with van der Waals surface area (Å²) in [5.41, 5.74) is 3.60. The van der Waals surface area contributed by atoms with Gasteiger partial charge in [0.2, 0.25) is 0 Å². The minimum Gasteiger partial charge on any atom is -0.370 e. The molecule has 70 valence electrons. The molecule has 0 saturated carbocycles. The largest absolute Gasteiger partial charge is 0.370 e. The van der Waals surface area contributed by atoms with E-state index >= 15 is 0 Å². The Bertz CT molecular complexity index is 301. The van der Waals surface area contributed by atoms with Crippen LogP contribution in [0.25, 0.3) is 0 Å². The molecule has 0 amide bonds. The molecule has 1 aromatic heterocycles. The molecule has 1 aromatic rings. The van der Waals surface area contributed by atoms with Crippen LogP contribution in [0.4, 0.5) is 5.69 Å². The average Bonchev–Trinajstić information content (AvgIpc) is 2.56. The summed E-state index contributed by atoms with van der Waals surface area (Å²) in [5.74, 6) is 0. The van der Waals surface area contributed by atoms with Crippen LogP contribution in [-0.4, -0.2) is 18.1 Å². The van der Waals surface area contributed by atoms with Crippen LogP contribution in [0.2, 0.25) is 0 Å². The van der Waals surface area contributed by atoms with Crippen molar-refractivity contribution in [3.8, 4) is 0 Å². The van der Waals surface area contributed by atoms with Crippen molar-refractivity contribution in [1.29, 1.82) is 0 Å². The fourth-order valence-electron chi connectivity index (χ4n) is 1.97. The van der Waals surface area contributed by atoms with E-state index in [2.05, 4.69) is 28.9 Å². The van der Waals surface area contributed by atoms with Crippen LogP contribution in [0, 0.1) is 13.8 Å². The minimum absolute atomic E-state index is 1.11. The van der Waals surface area contributed by atoms with E-state index in [4.69, 9.17) is 0 Å². The fraction of sp³-hybridized carbons (Fsp3) is 0.545. The molecule has 0 spiro atoms. The van der Waals surface area contributed by atoms with Gasteiger partial charge >= 0.3 is 0 Å². The van der Waals surface area contributed by atoms with Gasteiger partial charge in [0.05, 0.1) is 11.4 Å². The van der Waals surface area contributed by atoms with Gasteiger partial charge in [-0.05, 0) is 38.8 Å². The Morgan fingerprint density at radius 1 is 1.15 bits per heavy atom. The molecule has 13 heavy (non-hydrogen) atoms. The minimum atomic E-state index is 1.11. The first-order valence-electron chi connectivity index (χ1n) is 4.96. The monoisotopic (exact) mass is 176 g/mol. The third kappa shape index (κ3) is 1.67. The van der Waals surface area contributed by atoms with Crippen molar-refractivity contribution in [1.82, 2.24) is 4.98 Å². The summed E-state index contributed by atoms with van der Waals surface area (Å²) in [6.07, 6.45) is 2.65. The van der Waals surface area contributed by atoms with Crippen molar-refractivity contribution in [3.05, 3.63) is 23.5 Å². The topological polar surface area (TPSA) is 16.1 Å². The van der Waals surface area contributed by atoms with Crippen molar-refractivity contribution >= 4 is 5.69 Å². The molecule has 0 unspecified atom stereocenters. The number of hydrogen-bond acceptors (Lipinski definition) is 2. The van der Waals surface area contributed by atoms with E-state index in [9.17, 15) is 0 Å². The highest BCUT2D eigenvalue weighted by atomic mass is 15.1. The van der Waals surface area contributed by atoms with Gasteiger partial charge in [-0.25, -0.2) is 0 Å². The number of pyridine rings is 1. The van der Waals surface area contributed by atoms with Crippen molar-refractivity contribution in [2.45, 2.75) is 26.7 Å². The Hall–Kier alpha value is -1.05. The second-order valence-electron chi connectivity index (χ2n) is 3.75. The molecule has 0 bridgehead atoms. The van der Waals surface area contributed by atoms with Crippen molar-refractivity contribution < 1.29 is 0 Å². The van der Waals surface area contributed by atoms with E-state index in [0.29, 0.717) is 0 Å². The lowest BCUT2D eigenvalue weighted by molar-refractivity contribution is 0.943. The zero-order chi connectivity index (χ0) is 9.26. The summed E-state index contributed by atoms with van der Waals surface area (Å²) in [6.45, 7) is 6.54. The lowest BCUT2D eigenvalue weighted by Crippen LogP contribution is -2.19. The molecule has 2 heterocycles. The molecule has 2 rings (SSSR count). The molecular formula is C11H16N2. The third-order valence-corrected chi connectivity index (χ3v) is 2.64. The van der Waals surface area contributed by atoms with Gasteiger partial charge < -0.3 is 4.90 Å². The molecule has 1 aliphatic heterocycles. The third-order valence-electron chi connectivity index (χ3n) is 2.64. The second-order valence-corrected chi connectivity index (χ2v) is 3.75. The molecule has 0 atom stereocenters. The first-order valence-corrected chi connectivity index (χ1v) is 4.96. The average molecular weight is 176 g/mol. The Morgan fingerprint density at radius 3 is 2.46 bits per heavy atom. The highest BCUT2D eigenvalue weighted by molar-refractivity contribution is 5.51. The molecule has 1 aliphatic rings. The van der Waals surface area contributed by atoms with Gasteiger partial charge in [0.25, 0.3) is 0 Å². The zero-order valence-corrected chi connectivity index (χ0v) is 8.38. The van der Waals surface area contributed by atoms with Crippen LogP contribution in [0.1, 0.15) is 24.2 Å². The van der Waals surface area contributed by atoms with Crippen LogP contribution in [-0.2, 0) is 0 Å². The number of aromatic nitrogens is 1. The molecule has 2 nitrogen and oxygen atoms in total. The van der Waals surface area contributed by atoms with Gasteiger partial charge in [-0.3, -0.25) is 4.98 Å². The van der Waals surface area contributed by atoms with Crippen molar-refractivity contribution in [2.24, 2.45) is 0 Å². The number of rotatable bonds is 1. The van der Waals surface area contributed by atoms with Gasteiger partial charge in [0.1, 0.15) is 0 Å². The quantitative estimate of drug-likeness (QED) is 0.652. The number of anilines is 1. The molecule has 0 aliphatic carbocycles. The molecular weight excluding hydrogens is 160 g/mol. The number of hydrogen-bond donors (Lipinski definition) is 0. The molecule has 1 fully saturated rings. The first kappa shape index (κ1) is 8.54. The SMILES string of the molecule is Cc1ccc(N2CCCC2)c(C)n1. The molecule has 0 N–H and O–H groups in total. The van der Waals surface area contributed by atoms with Crippen LogP contribution in [0.15, 0.2) is 12.1 Å². The van der Waals surface area contributed by atoms with Crippen LogP contribution in [0.3, 0.4) is 0 Å². The summed E-state index contributed by atoms with van der Waals surface area (Å²) in [5, 5.41) is 0. The summed E-state index contributed by atoms with van der Waals surface area (Å²) < 4.78 is 0. The standard InChI is InChI=1S/C11H16N2/c1-9-5-6-11(10(2)12-9)13-7-3-4-8-13/h5-6H,3-4,7-8H2,1-2H3. The van der Waals surface area contributed by atoms with Gasteiger partial charge in [0.15, 0.2) is 0 Å². The summed E-state index contributed by atoms with van der Waals surface area (Å²) in [7, 11) is 0. The van der Waals surface area contributed by atoms with E-state index in [1.165, 1.54) is 37.3 Å². The smallest absolute Gasteiger partial charge is 0.0608 e. The molecule has 0 radical (unpaired) electrons. The van der Waals surface area contributed by atoms with Crippen molar-refractivity contribution in [2.75, 3.05) is 18.0 Å². The maximum absolute atomic E-state index is 4.48. The lowest BCUT2D eigenvalue weighted by atomic mass is 10.2.